The van der Waals surface area contributed by atoms with Gasteiger partial charge in [0.15, 0.2) is 0 Å². The molecule has 1 amide bonds. The number of likely N-dealkylation sites (tertiary alicyclic amines) is 1. The molecular formula is C21H28N4OS. The molecule has 6 heteroatoms. The average molecular weight is 385 g/mol. The summed E-state index contributed by atoms with van der Waals surface area (Å²) in [6, 6.07) is 0. The lowest BCUT2D eigenvalue weighted by molar-refractivity contribution is -0.121. The van der Waals surface area contributed by atoms with Crippen molar-refractivity contribution in [2.45, 2.75) is 56.8 Å². The Bertz CT molecular complexity index is 723. The van der Waals surface area contributed by atoms with Gasteiger partial charge in [0.05, 0.1) is 6.54 Å². The van der Waals surface area contributed by atoms with E-state index in [1.54, 1.807) is 11.3 Å². The molecular weight excluding hydrogens is 356 g/mol. The van der Waals surface area contributed by atoms with Crippen LogP contribution in [-0.4, -0.2) is 40.6 Å². The molecule has 0 unspecified atom stereocenters. The van der Waals surface area contributed by atoms with Gasteiger partial charge in [0.25, 0.3) is 0 Å². The third-order valence-corrected chi connectivity index (χ3v) is 8.51. The summed E-state index contributed by atoms with van der Waals surface area (Å²) in [4.78, 5) is 14.9. The van der Waals surface area contributed by atoms with E-state index in [-0.39, 0.29) is 17.2 Å². The Morgan fingerprint density at radius 2 is 1.78 bits per heavy atom. The van der Waals surface area contributed by atoms with Gasteiger partial charge in [0.1, 0.15) is 5.01 Å². The number of carbonyl (C=O) groups is 1. The molecule has 4 saturated carbocycles. The van der Waals surface area contributed by atoms with Crippen LogP contribution < -0.4 is 5.32 Å². The first-order chi connectivity index (χ1) is 13.1. The summed E-state index contributed by atoms with van der Waals surface area (Å²) < 4.78 is 0. The highest BCUT2D eigenvalue weighted by molar-refractivity contribution is 7.15. The van der Waals surface area contributed by atoms with E-state index in [9.17, 15) is 4.79 Å². The minimum Gasteiger partial charge on any atom is -0.300 e. The summed E-state index contributed by atoms with van der Waals surface area (Å²) in [5.41, 5.74) is 0.260. The standard InChI is InChI=1S/C21H28N4OS/c1-2-5-25-6-3-17(4-7-25)18(26)22-20-24-23-19(27-20)21-11-14-8-15(12-21)10-16(9-14)13-21/h1,14-17H,3-13H2,(H,22,24,26). The molecule has 1 saturated heterocycles. The van der Waals surface area contributed by atoms with E-state index in [1.165, 1.54) is 43.5 Å². The van der Waals surface area contributed by atoms with Gasteiger partial charge in [-0.1, -0.05) is 17.3 Å². The van der Waals surface area contributed by atoms with Gasteiger partial charge in [-0.15, -0.1) is 16.6 Å². The molecule has 0 radical (unpaired) electrons. The SMILES string of the molecule is C#CCN1CCC(C(=O)Nc2nnc(C34CC5CC(CC(C5)C3)C4)s2)CC1. The van der Waals surface area contributed by atoms with Gasteiger partial charge in [-0.25, -0.2) is 0 Å². The molecule has 1 aliphatic heterocycles. The molecule has 1 N–H and O–H groups in total. The Morgan fingerprint density at radius 3 is 2.37 bits per heavy atom. The first kappa shape index (κ1) is 17.6. The van der Waals surface area contributed by atoms with Gasteiger partial charge < -0.3 is 5.32 Å². The lowest BCUT2D eigenvalue weighted by Gasteiger charge is -2.55. The van der Waals surface area contributed by atoms with Crippen LogP contribution in [0.3, 0.4) is 0 Å². The van der Waals surface area contributed by atoms with E-state index in [2.05, 4.69) is 26.3 Å². The Morgan fingerprint density at radius 1 is 1.15 bits per heavy atom. The van der Waals surface area contributed by atoms with Crippen molar-refractivity contribution >= 4 is 22.4 Å². The van der Waals surface area contributed by atoms with Crippen molar-refractivity contribution in [3.8, 4) is 12.3 Å². The van der Waals surface area contributed by atoms with Crippen LogP contribution >= 0.6 is 11.3 Å². The van der Waals surface area contributed by atoms with Crippen LogP contribution in [0.15, 0.2) is 0 Å². The predicted molar refractivity (Wildman–Crippen MR) is 106 cm³/mol. The van der Waals surface area contributed by atoms with Gasteiger partial charge in [-0.3, -0.25) is 9.69 Å². The van der Waals surface area contributed by atoms with Crippen LogP contribution in [0.1, 0.15) is 56.4 Å². The summed E-state index contributed by atoms with van der Waals surface area (Å²) in [7, 11) is 0. The second-order valence-corrected chi connectivity index (χ2v) is 10.3. The average Bonchev–Trinajstić information content (AvgIpc) is 3.11. The minimum atomic E-state index is 0.0610. The Labute approximate surface area is 165 Å². The Kier molecular flexibility index (Phi) is 4.48. The van der Waals surface area contributed by atoms with Crippen LogP contribution in [0.5, 0.6) is 0 Å². The second-order valence-electron chi connectivity index (χ2n) is 9.35. The van der Waals surface area contributed by atoms with E-state index >= 15 is 0 Å². The van der Waals surface area contributed by atoms with Gasteiger partial charge in [-0.05, 0) is 82.2 Å². The van der Waals surface area contributed by atoms with Crippen molar-refractivity contribution in [1.29, 1.82) is 0 Å². The van der Waals surface area contributed by atoms with Crippen molar-refractivity contribution in [3.05, 3.63) is 5.01 Å². The highest BCUT2D eigenvalue weighted by Crippen LogP contribution is 2.61. The monoisotopic (exact) mass is 384 g/mol. The number of nitrogens with one attached hydrogen (secondary N) is 1. The first-order valence-corrected chi connectivity index (χ1v) is 11.3. The number of rotatable bonds is 4. The van der Waals surface area contributed by atoms with E-state index < -0.39 is 0 Å². The number of hydrogen-bond donors (Lipinski definition) is 1. The summed E-state index contributed by atoms with van der Waals surface area (Å²) in [6.07, 6.45) is 15.3. The summed E-state index contributed by atoms with van der Waals surface area (Å²) in [5, 5.41) is 13.8. The third kappa shape index (κ3) is 3.30. The Hall–Kier alpha value is -1.45. The highest BCUT2D eigenvalue weighted by atomic mass is 32.1. The Balaban J connectivity index is 1.23. The quantitative estimate of drug-likeness (QED) is 0.810. The molecule has 1 aromatic heterocycles. The van der Waals surface area contributed by atoms with Crippen LogP contribution in [0.25, 0.3) is 0 Å². The van der Waals surface area contributed by atoms with Gasteiger partial charge in [0.2, 0.25) is 11.0 Å². The fourth-order valence-electron chi connectivity index (χ4n) is 6.55. The zero-order valence-electron chi connectivity index (χ0n) is 15.8. The van der Waals surface area contributed by atoms with Crippen molar-refractivity contribution < 1.29 is 4.79 Å². The van der Waals surface area contributed by atoms with Crippen molar-refractivity contribution in [1.82, 2.24) is 15.1 Å². The van der Waals surface area contributed by atoms with E-state index in [4.69, 9.17) is 6.42 Å². The maximum Gasteiger partial charge on any atom is 0.229 e. The molecule has 27 heavy (non-hydrogen) atoms. The van der Waals surface area contributed by atoms with E-state index in [1.807, 2.05) is 0 Å². The van der Waals surface area contributed by atoms with Crippen molar-refractivity contribution in [2.75, 3.05) is 25.0 Å². The molecule has 0 atom stereocenters. The van der Waals surface area contributed by atoms with E-state index in [0.29, 0.717) is 11.7 Å². The number of nitrogens with zero attached hydrogens (tertiary/aromatic N) is 3. The molecule has 2 heterocycles. The molecule has 6 rings (SSSR count). The van der Waals surface area contributed by atoms with Gasteiger partial charge in [-0.2, -0.15) is 0 Å². The molecule has 5 fully saturated rings. The van der Waals surface area contributed by atoms with Crippen LogP contribution in [0, 0.1) is 36.0 Å². The molecule has 0 aromatic carbocycles. The third-order valence-electron chi connectivity index (χ3n) is 7.42. The summed E-state index contributed by atoms with van der Waals surface area (Å²) in [5.74, 6) is 5.53. The van der Waals surface area contributed by atoms with Crippen LogP contribution in [0.2, 0.25) is 0 Å². The summed E-state index contributed by atoms with van der Waals surface area (Å²) in [6.45, 7) is 2.48. The zero-order valence-corrected chi connectivity index (χ0v) is 16.6. The van der Waals surface area contributed by atoms with Crippen LogP contribution in [-0.2, 0) is 10.2 Å². The second kappa shape index (κ2) is 6.86. The number of amides is 1. The molecule has 5 aliphatic rings. The van der Waals surface area contributed by atoms with Crippen molar-refractivity contribution in [3.63, 3.8) is 0 Å². The molecule has 5 nitrogen and oxygen atoms in total. The number of aromatic nitrogens is 2. The lowest BCUT2D eigenvalue weighted by atomic mass is 9.50. The molecule has 1 aromatic rings. The molecule has 4 aliphatic carbocycles. The minimum absolute atomic E-state index is 0.0610. The molecule has 0 spiro atoms. The number of carbonyl (C=O) groups excluding carboxylic acids is 1. The largest absolute Gasteiger partial charge is 0.300 e. The van der Waals surface area contributed by atoms with Crippen LogP contribution in [0.4, 0.5) is 5.13 Å². The van der Waals surface area contributed by atoms with Gasteiger partial charge >= 0.3 is 0 Å². The molecule has 4 bridgehead atoms. The first-order valence-electron chi connectivity index (χ1n) is 10.4. The fourth-order valence-corrected chi connectivity index (χ4v) is 7.52. The zero-order chi connectivity index (χ0) is 18.4. The summed E-state index contributed by atoms with van der Waals surface area (Å²) >= 11 is 1.63. The van der Waals surface area contributed by atoms with Gasteiger partial charge in [0, 0.05) is 11.3 Å². The fraction of sp³-hybridized carbons (Fsp3) is 0.762. The van der Waals surface area contributed by atoms with Crippen molar-refractivity contribution in [2.24, 2.45) is 23.7 Å². The number of hydrogen-bond acceptors (Lipinski definition) is 5. The maximum atomic E-state index is 12.7. The van der Waals surface area contributed by atoms with E-state index in [0.717, 1.165) is 43.7 Å². The topological polar surface area (TPSA) is 58.1 Å². The maximum absolute atomic E-state index is 12.7. The number of piperidine rings is 1. The predicted octanol–water partition coefficient (Wildman–Crippen LogP) is 3.29. The molecule has 144 valence electrons. The smallest absolute Gasteiger partial charge is 0.229 e. The number of terminal acetylenes is 1. The normalized spacial score (nSPS) is 35.9. The number of anilines is 1. The lowest BCUT2D eigenvalue weighted by Crippen LogP contribution is -2.48. The highest BCUT2D eigenvalue weighted by Gasteiger charge is 2.53.